The van der Waals surface area contributed by atoms with E-state index in [1.54, 1.807) is 6.20 Å². The minimum Gasteiger partial charge on any atom is -0.339 e. The Labute approximate surface area is 163 Å². The molecule has 1 aromatic heterocycles. The molecule has 1 N–H and O–H groups in total. The Morgan fingerprint density at radius 1 is 1.19 bits per heavy atom. The maximum absolute atomic E-state index is 13.0. The number of piperidine rings is 2. The average molecular weight is 384 g/mol. The van der Waals surface area contributed by atoms with E-state index in [9.17, 15) is 9.59 Å². The van der Waals surface area contributed by atoms with Gasteiger partial charge in [0.1, 0.15) is 0 Å². The second-order valence-electron chi connectivity index (χ2n) is 7.64. The Hall–Kier alpha value is -2.21. The zero-order valence-corrected chi connectivity index (χ0v) is 16.2. The summed E-state index contributed by atoms with van der Waals surface area (Å²) in [5.41, 5.74) is 1.07. The molecular weight excluding hydrogens is 358 g/mol. The third kappa shape index (κ3) is 4.38. The van der Waals surface area contributed by atoms with Gasteiger partial charge in [-0.1, -0.05) is 30.3 Å². The molecule has 1 atom stereocenters. The summed E-state index contributed by atoms with van der Waals surface area (Å²) >= 11 is 1.39. The van der Waals surface area contributed by atoms with Crippen molar-refractivity contribution in [1.29, 1.82) is 0 Å². The van der Waals surface area contributed by atoms with Crippen molar-refractivity contribution in [2.24, 2.45) is 11.8 Å². The van der Waals surface area contributed by atoms with E-state index in [1.807, 2.05) is 40.6 Å². The van der Waals surface area contributed by atoms with Gasteiger partial charge >= 0.3 is 0 Å². The van der Waals surface area contributed by atoms with E-state index in [4.69, 9.17) is 0 Å². The van der Waals surface area contributed by atoms with Gasteiger partial charge < -0.3 is 10.2 Å². The Kier molecular flexibility index (Phi) is 5.53. The van der Waals surface area contributed by atoms with Crippen LogP contribution in [0.15, 0.2) is 41.9 Å². The summed E-state index contributed by atoms with van der Waals surface area (Å²) in [4.78, 5) is 32.1. The molecule has 1 aromatic carbocycles. The summed E-state index contributed by atoms with van der Waals surface area (Å²) in [6.45, 7) is 0.871. The summed E-state index contributed by atoms with van der Waals surface area (Å²) in [5, 5.41) is 5.30. The van der Waals surface area contributed by atoms with Crippen molar-refractivity contribution in [3.63, 3.8) is 0 Å². The van der Waals surface area contributed by atoms with Crippen LogP contribution in [0.1, 0.15) is 37.7 Å². The molecule has 2 aromatic rings. The summed E-state index contributed by atoms with van der Waals surface area (Å²) < 4.78 is 0. The van der Waals surface area contributed by atoms with E-state index >= 15 is 0 Å². The molecule has 1 aliphatic carbocycles. The van der Waals surface area contributed by atoms with Gasteiger partial charge in [-0.2, -0.15) is 0 Å². The summed E-state index contributed by atoms with van der Waals surface area (Å²) in [6, 6.07) is 10.3. The molecule has 6 heteroatoms. The second kappa shape index (κ2) is 8.21. The van der Waals surface area contributed by atoms with Crippen LogP contribution in [0.5, 0.6) is 0 Å². The molecule has 0 unspecified atom stereocenters. The van der Waals surface area contributed by atoms with E-state index in [-0.39, 0.29) is 24.2 Å². The summed E-state index contributed by atoms with van der Waals surface area (Å²) in [7, 11) is 0. The number of fused-ring (bicyclic) bond motifs is 3. The van der Waals surface area contributed by atoms with Crippen molar-refractivity contribution < 1.29 is 9.59 Å². The Bertz CT molecular complexity index is 770. The molecule has 1 saturated carbocycles. The average Bonchev–Trinajstić information content (AvgIpc) is 3.22. The number of hydrogen-bond donors (Lipinski definition) is 1. The lowest BCUT2D eigenvalue weighted by Crippen LogP contribution is -2.51. The lowest BCUT2D eigenvalue weighted by molar-refractivity contribution is -0.141. The SMILES string of the molecule is O=C(Nc1nccs1)[C@H](CC(=O)N1CC2CCC1CC2)Cc1ccccc1. The van der Waals surface area contributed by atoms with Crippen LogP contribution in [0.4, 0.5) is 5.13 Å². The van der Waals surface area contributed by atoms with Gasteiger partial charge in [0.2, 0.25) is 11.8 Å². The number of benzene rings is 1. The van der Waals surface area contributed by atoms with Crippen LogP contribution in [0.3, 0.4) is 0 Å². The van der Waals surface area contributed by atoms with Gasteiger partial charge in [0.15, 0.2) is 5.13 Å². The first kappa shape index (κ1) is 18.2. The fourth-order valence-electron chi connectivity index (χ4n) is 4.35. The highest BCUT2D eigenvalue weighted by atomic mass is 32.1. The fourth-order valence-corrected chi connectivity index (χ4v) is 4.88. The molecule has 5 rings (SSSR count). The molecule has 5 nitrogen and oxygen atoms in total. The van der Waals surface area contributed by atoms with Crippen molar-refractivity contribution in [1.82, 2.24) is 9.88 Å². The van der Waals surface area contributed by atoms with E-state index in [1.165, 1.54) is 24.2 Å². The van der Waals surface area contributed by atoms with Crippen LogP contribution >= 0.6 is 11.3 Å². The molecule has 142 valence electrons. The van der Waals surface area contributed by atoms with Crippen LogP contribution in [-0.4, -0.2) is 34.3 Å². The normalized spacial score (nSPS) is 22.4. The molecule has 3 heterocycles. The van der Waals surface area contributed by atoms with Gasteiger partial charge in [-0.15, -0.1) is 11.3 Å². The quantitative estimate of drug-likeness (QED) is 0.827. The molecule has 2 bridgehead atoms. The molecule has 2 saturated heterocycles. The second-order valence-corrected chi connectivity index (χ2v) is 8.53. The third-order valence-corrected chi connectivity index (χ3v) is 6.50. The number of nitrogens with one attached hydrogen (secondary N) is 1. The lowest BCUT2D eigenvalue weighted by atomic mass is 9.79. The fraction of sp³-hybridized carbons (Fsp3) is 0.476. The van der Waals surface area contributed by atoms with E-state index < -0.39 is 0 Å². The van der Waals surface area contributed by atoms with Crippen LogP contribution in [0.25, 0.3) is 0 Å². The van der Waals surface area contributed by atoms with Gasteiger partial charge in [0.25, 0.3) is 0 Å². The highest BCUT2D eigenvalue weighted by Crippen LogP contribution is 2.35. The van der Waals surface area contributed by atoms with Crippen LogP contribution in [0.2, 0.25) is 0 Å². The first-order chi connectivity index (χ1) is 13.2. The molecule has 2 amide bonds. The van der Waals surface area contributed by atoms with Gasteiger partial charge in [-0.3, -0.25) is 9.59 Å². The first-order valence-corrected chi connectivity index (χ1v) is 10.6. The standard InChI is InChI=1S/C21H25N3O2S/c25-19(24-14-16-6-8-18(24)9-7-16)13-17(12-15-4-2-1-3-5-15)20(26)23-21-22-10-11-27-21/h1-5,10-11,16-18H,6-9,12-14H2,(H,22,23,26)/t16?,17-,18?/m0/s1. The monoisotopic (exact) mass is 383 g/mol. The minimum absolute atomic E-state index is 0.121. The molecule has 3 fully saturated rings. The third-order valence-electron chi connectivity index (χ3n) is 5.81. The number of aromatic nitrogens is 1. The maximum Gasteiger partial charge on any atom is 0.230 e. The Morgan fingerprint density at radius 3 is 2.59 bits per heavy atom. The zero-order chi connectivity index (χ0) is 18.6. The van der Waals surface area contributed by atoms with Crippen molar-refractivity contribution in [3.8, 4) is 0 Å². The predicted octanol–water partition coefficient (Wildman–Crippen LogP) is 3.73. The number of nitrogens with zero attached hydrogens (tertiary/aromatic N) is 2. The molecule has 0 radical (unpaired) electrons. The topological polar surface area (TPSA) is 62.3 Å². The number of carbonyl (C=O) groups is 2. The lowest BCUT2D eigenvalue weighted by Gasteiger charge is -2.45. The van der Waals surface area contributed by atoms with E-state index in [0.717, 1.165) is 24.9 Å². The van der Waals surface area contributed by atoms with Crippen LogP contribution in [-0.2, 0) is 16.0 Å². The Balaban J connectivity index is 1.46. The summed E-state index contributed by atoms with van der Waals surface area (Å²) in [5.74, 6) is 0.267. The first-order valence-electron chi connectivity index (χ1n) is 9.73. The molecule has 2 aliphatic heterocycles. The van der Waals surface area contributed by atoms with Gasteiger partial charge in [0.05, 0.1) is 5.92 Å². The van der Waals surface area contributed by atoms with Crippen molar-refractivity contribution in [2.75, 3.05) is 11.9 Å². The molecule has 0 spiro atoms. The number of carbonyl (C=O) groups excluding carboxylic acids is 2. The van der Waals surface area contributed by atoms with Crippen molar-refractivity contribution in [3.05, 3.63) is 47.5 Å². The van der Waals surface area contributed by atoms with Crippen molar-refractivity contribution in [2.45, 2.75) is 44.6 Å². The highest BCUT2D eigenvalue weighted by molar-refractivity contribution is 7.13. The van der Waals surface area contributed by atoms with Gasteiger partial charge in [0, 0.05) is 30.6 Å². The number of anilines is 1. The smallest absolute Gasteiger partial charge is 0.230 e. The number of amides is 2. The largest absolute Gasteiger partial charge is 0.339 e. The number of thiazole rings is 1. The van der Waals surface area contributed by atoms with Crippen LogP contribution < -0.4 is 5.32 Å². The van der Waals surface area contributed by atoms with E-state index in [0.29, 0.717) is 23.5 Å². The summed E-state index contributed by atoms with van der Waals surface area (Å²) in [6.07, 6.45) is 7.21. The molecule has 3 aliphatic rings. The zero-order valence-electron chi connectivity index (χ0n) is 15.3. The van der Waals surface area contributed by atoms with Gasteiger partial charge in [-0.25, -0.2) is 4.98 Å². The van der Waals surface area contributed by atoms with Crippen molar-refractivity contribution >= 4 is 28.3 Å². The predicted molar refractivity (Wildman–Crippen MR) is 106 cm³/mol. The van der Waals surface area contributed by atoms with E-state index in [2.05, 4.69) is 10.3 Å². The number of rotatable bonds is 6. The Morgan fingerprint density at radius 2 is 1.96 bits per heavy atom. The molecular formula is C21H25N3O2S. The molecule has 27 heavy (non-hydrogen) atoms. The minimum atomic E-state index is -0.385. The number of hydrogen-bond acceptors (Lipinski definition) is 4. The van der Waals surface area contributed by atoms with Gasteiger partial charge in [-0.05, 0) is 43.6 Å². The van der Waals surface area contributed by atoms with Crippen LogP contribution in [0, 0.1) is 11.8 Å². The maximum atomic E-state index is 13.0. The highest BCUT2D eigenvalue weighted by Gasteiger charge is 2.37.